The Morgan fingerprint density at radius 1 is 1.12 bits per heavy atom. The molecule has 0 aromatic heterocycles. The highest BCUT2D eigenvalue weighted by Crippen LogP contribution is 2.30. The van der Waals surface area contributed by atoms with Crippen LogP contribution >= 0.6 is 0 Å². The highest BCUT2D eigenvalue weighted by Gasteiger charge is 2.37. The van der Waals surface area contributed by atoms with Crippen molar-refractivity contribution in [3.63, 3.8) is 0 Å². The van der Waals surface area contributed by atoms with Crippen molar-refractivity contribution < 1.29 is 28.2 Å². The Morgan fingerprint density at radius 2 is 1.79 bits per heavy atom. The van der Waals surface area contributed by atoms with Crippen LogP contribution in [-0.2, 0) is 20.4 Å². The summed E-state index contributed by atoms with van der Waals surface area (Å²) >= 11 is 0. The van der Waals surface area contributed by atoms with Crippen molar-refractivity contribution in [1.29, 1.82) is 0 Å². The maximum atomic E-state index is 12.4. The molecule has 126 valence electrons. The maximum absolute atomic E-state index is 12.4. The van der Waals surface area contributed by atoms with Crippen molar-refractivity contribution in [3.8, 4) is 0 Å². The molecule has 7 nitrogen and oxygen atoms in total. The third-order valence-electron chi connectivity index (χ3n) is 3.75. The lowest BCUT2D eigenvalue weighted by atomic mass is 9.92. The molecule has 0 saturated carbocycles. The van der Waals surface area contributed by atoms with Gasteiger partial charge in [0, 0.05) is 5.69 Å². The van der Waals surface area contributed by atoms with Gasteiger partial charge in [0.1, 0.15) is 5.60 Å². The van der Waals surface area contributed by atoms with E-state index in [4.69, 9.17) is 9.84 Å². The van der Waals surface area contributed by atoms with Crippen LogP contribution in [0.1, 0.15) is 15.9 Å². The summed E-state index contributed by atoms with van der Waals surface area (Å²) in [7, 11) is -3.91. The Balaban J connectivity index is 1.82. The molecule has 1 aliphatic heterocycles. The maximum Gasteiger partial charge on any atom is 0.335 e. The van der Waals surface area contributed by atoms with Gasteiger partial charge in [-0.2, -0.15) is 0 Å². The molecule has 2 aromatic carbocycles. The second-order valence-electron chi connectivity index (χ2n) is 5.54. The fourth-order valence-corrected chi connectivity index (χ4v) is 3.43. The van der Waals surface area contributed by atoms with Gasteiger partial charge in [-0.1, -0.05) is 18.2 Å². The third-order valence-corrected chi connectivity index (χ3v) is 5.13. The number of aromatic carboxylic acids is 1. The summed E-state index contributed by atoms with van der Waals surface area (Å²) < 4.78 is 32.1. The number of anilines is 1. The van der Waals surface area contributed by atoms with E-state index < -0.39 is 21.6 Å². The van der Waals surface area contributed by atoms with E-state index in [0.717, 1.165) is 6.07 Å². The van der Waals surface area contributed by atoms with E-state index in [1.54, 1.807) is 12.1 Å². The molecular formula is C16H15NO6S. The van der Waals surface area contributed by atoms with Crippen LogP contribution in [-0.4, -0.2) is 37.8 Å². The van der Waals surface area contributed by atoms with Gasteiger partial charge in [-0.05, 0) is 35.9 Å². The molecule has 0 bridgehead atoms. The van der Waals surface area contributed by atoms with Gasteiger partial charge < -0.3 is 14.9 Å². The average Bonchev–Trinajstić information content (AvgIpc) is 2.53. The average molecular weight is 349 g/mol. The first-order valence-corrected chi connectivity index (χ1v) is 8.55. The minimum absolute atomic E-state index is 0.111. The molecule has 1 heterocycles. The van der Waals surface area contributed by atoms with Gasteiger partial charge in [0.2, 0.25) is 0 Å². The number of carboxylic acid groups (broad SMARTS) is 1. The predicted molar refractivity (Wildman–Crippen MR) is 85.4 cm³/mol. The number of hydrogen-bond donors (Lipinski definition) is 3. The van der Waals surface area contributed by atoms with Crippen LogP contribution in [0.2, 0.25) is 0 Å². The fourth-order valence-electron chi connectivity index (χ4n) is 2.32. The number of carbonyl (C=O) groups is 1. The Labute approximate surface area is 138 Å². The number of carboxylic acids is 1. The molecule has 8 heteroatoms. The first-order valence-electron chi connectivity index (χ1n) is 7.07. The van der Waals surface area contributed by atoms with Crippen molar-refractivity contribution in [1.82, 2.24) is 0 Å². The number of nitrogens with one attached hydrogen (secondary N) is 1. The second kappa shape index (κ2) is 5.90. The summed E-state index contributed by atoms with van der Waals surface area (Å²) in [4.78, 5) is 10.8. The van der Waals surface area contributed by atoms with Gasteiger partial charge in [0.05, 0.1) is 23.7 Å². The molecular weight excluding hydrogens is 334 g/mol. The summed E-state index contributed by atoms with van der Waals surface area (Å²) in [6.07, 6.45) is 0. The normalized spacial score (nSPS) is 16.2. The summed E-state index contributed by atoms with van der Waals surface area (Å²) in [5, 5.41) is 19.1. The topological polar surface area (TPSA) is 113 Å². The summed E-state index contributed by atoms with van der Waals surface area (Å²) in [5.41, 5.74) is -0.180. The van der Waals surface area contributed by atoms with Gasteiger partial charge >= 0.3 is 5.97 Å². The highest BCUT2D eigenvalue weighted by atomic mass is 32.2. The number of benzene rings is 2. The van der Waals surface area contributed by atoms with E-state index in [2.05, 4.69) is 4.72 Å². The number of sulfonamides is 1. The molecule has 2 aromatic rings. The van der Waals surface area contributed by atoms with E-state index in [1.807, 2.05) is 0 Å². The van der Waals surface area contributed by atoms with Crippen LogP contribution in [0, 0.1) is 0 Å². The van der Waals surface area contributed by atoms with Crippen molar-refractivity contribution in [2.75, 3.05) is 17.9 Å². The monoisotopic (exact) mass is 349 g/mol. The highest BCUT2D eigenvalue weighted by molar-refractivity contribution is 7.92. The summed E-state index contributed by atoms with van der Waals surface area (Å²) in [6.45, 7) is 0.417. The van der Waals surface area contributed by atoms with Crippen LogP contribution in [0.3, 0.4) is 0 Å². The van der Waals surface area contributed by atoms with Gasteiger partial charge in [-0.25, -0.2) is 13.2 Å². The molecule has 0 spiro atoms. The summed E-state index contributed by atoms with van der Waals surface area (Å²) in [5.74, 6) is -1.20. The predicted octanol–water partition coefficient (Wildman–Crippen LogP) is 1.40. The van der Waals surface area contributed by atoms with E-state index in [-0.39, 0.29) is 23.7 Å². The Bertz CT molecular complexity index is 872. The largest absolute Gasteiger partial charge is 0.478 e. The number of ether oxygens (including phenoxy) is 1. The van der Waals surface area contributed by atoms with Gasteiger partial charge in [0.25, 0.3) is 10.0 Å². The van der Waals surface area contributed by atoms with Crippen molar-refractivity contribution in [2.45, 2.75) is 10.5 Å². The molecule has 1 fully saturated rings. The Kier molecular flexibility index (Phi) is 4.04. The third kappa shape index (κ3) is 3.12. The number of hydrogen-bond acceptors (Lipinski definition) is 5. The van der Waals surface area contributed by atoms with Crippen molar-refractivity contribution in [3.05, 3.63) is 59.7 Å². The fraction of sp³-hybridized carbons (Fsp3) is 0.188. The van der Waals surface area contributed by atoms with Crippen LogP contribution in [0.5, 0.6) is 0 Å². The molecule has 24 heavy (non-hydrogen) atoms. The standard InChI is InChI=1S/C16H15NO6S/c18-15(19)11-2-1-3-14(8-11)24(21,22)17-13-6-4-12(5-7-13)16(20)9-23-10-16/h1-8,17,20H,9-10H2,(H,18,19). The van der Waals surface area contributed by atoms with Crippen LogP contribution < -0.4 is 4.72 Å². The summed E-state index contributed by atoms with van der Waals surface area (Å²) in [6, 6.07) is 11.4. The SMILES string of the molecule is O=C(O)c1cccc(S(=O)(=O)Nc2ccc(C3(O)COC3)cc2)c1. The molecule has 0 amide bonds. The molecule has 0 aliphatic carbocycles. The zero-order valence-corrected chi connectivity index (χ0v) is 13.3. The molecule has 0 radical (unpaired) electrons. The van der Waals surface area contributed by atoms with Gasteiger partial charge in [0.15, 0.2) is 0 Å². The van der Waals surface area contributed by atoms with Crippen molar-refractivity contribution in [2.24, 2.45) is 0 Å². The Morgan fingerprint density at radius 3 is 2.33 bits per heavy atom. The number of rotatable bonds is 5. The minimum Gasteiger partial charge on any atom is -0.478 e. The smallest absolute Gasteiger partial charge is 0.335 e. The first kappa shape index (κ1) is 16.4. The molecule has 1 aliphatic rings. The van der Waals surface area contributed by atoms with E-state index >= 15 is 0 Å². The quantitative estimate of drug-likeness (QED) is 0.752. The lowest BCUT2D eigenvalue weighted by Crippen LogP contribution is -2.46. The van der Waals surface area contributed by atoms with E-state index in [0.29, 0.717) is 11.3 Å². The van der Waals surface area contributed by atoms with Crippen LogP contribution in [0.25, 0.3) is 0 Å². The molecule has 3 rings (SSSR count). The minimum atomic E-state index is -3.91. The zero-order chi connectivity index (χ0) is 17.4. The van der Waals surface area contributed by atoms with Crippen LogP contribution in [0.15, 0.2) is 53.4 Å². The molecule has 3 N–H and O–H groups in total. The lowest BCUT2D eigenvalue weighted by molar-refractivity contribution is -0.184. The van der Waals surface area contributed by atoms with E-state index in [9.17, 15) is 18.3 Å². The lowest BCUT2D eigenvalue weighted by Gasteiger charge is -2.36. The second-order valence-corrected chi connectivity index (χ2v) is 7.22. The molecule has 1 saturated heterocycles. The number of aliphatic hydroxyl groups is 1. The van der Waals surface area contributed by atoms with Crippen molar-refractivity contribution >= 4 is 21.7 Å². The molecule has 0 atom stereocenters. The molecule has 0 unspecified atom stereocenters. The van der Waals surface area contributed by atoms with Gasteiger partial charge in [-0.15, -0.1) is 0 Å². The van der Waals surface area contributed by atoms with Gasteiger partial charge in [-0.3, -0.25) is 4.72 Å². The van der Waals surface area contributed by atoms with E-state index in [1.165, 1.54) is 30.3 Å². The first-order chi connectivity index (χ1) is 11.3. The zero-order valence-electron chi connectivity index (χ0n) is 12.5. The Hall–Kier alpha value is -2.42. The van der Waals surface area contributed by atoms with Crippen LogP contribution in [0.4, 0.5) is 5.69 Å².